The fourth-order valence-corrected chi connectivity index (χ4v) is 3.01. The van der Waals surface area contributed by atoms with Crippen molar-refractivity contribution in [3.63, 3.8) is 0 Å². The maximum atomic E-state index is 11.8. The van der Waals surface area contributed by atoms with Crippen LogP contribution in [0.3, 0.4) is 0 Å². The molecule has 7 heteroatoms. The molecule has 146 valence electrons. The highest BCUT2D eigenvalue weighted by Gasteiger charge is 2.24. The minimum absolute atomic E-state index is 0.0333. The van der Waals surface area contributed by atoms with Crippen molar-refractivity contribution in [2.75, 3.05) is 13.2 Å². The molecule has 3 N–H and O–H groups in total. The molecular formula is C20H26N2O5. The molecule has 0 aliphatic heterocycles. The van der Waals surface area contributed by atoms with E-state index in [1.54, 1.807) is 37.3 Å². The predicted molar refractivity (Wildman–Crippen MR) is 101 cm³/mol. The van der Waals surface area contributed by atoms with Gasteiger partial charge >= 0.3 is 5.97 Å². The van der Waals surface area contributed by atoms with E-state index < -0.39 is 12.2 Å². The molecule has 0 bridgehead atoms. The molecule has 2 atom stereocenters. The van der Waals surface area contributed by atoms with Gasteiger partial charge in [0.1, 0.15) is 12.2 Å². The Balaban J connectivity index is 2.27. The van der Waals surface area contributed by atoms with E-state index in [4.69, 9.17) is 4.74 Å². The number of ether oxygens (including phenoxy) is 1. The molecule has 27 heavy (non-hydrogen) atoms. The van der Waals surface area contributed by atoms with Crippen LogP contribution in [-0.4, -0.2) is 45.9 Å². The normalized spacial score (nSPS) is 13.1. The van der Waals surface area contributed by atoms with Gasteiger partial charge in [-0.1, -0.05) is 0 Å². The van der Waals surface area contributed by atoms with Gasteiger partial charge < -0.3 is 24.8 Å². The number of nitrogens with one attached hydrogen (secondary N) is 1. The standard InChI is InChI=1S/C20H26N2O5/c1-5-27-20(26)15-6-8-16(9-7-15)22-12(2)10-17(13(22)3)19(25)18(24)11-21-14(4)23/h6-10,18-19,24-25H,5,11H2,1-4H3,(H,21,23). The number of amides is 1. The van der Waals surface area contributed by atoms with Crippen LogP contribution in [-0.2, 0) is 9.53 Å². The number of rotatable bonds is 7. The topological polar surface area (TPSA) is 101 Å². The molecule has 0 saturated carbocycles. The number of aryl methyl sites for hydroxylation is 1. The van der Waals surface area contributed by atoms with E-state index in [-0.39, 0.29) is 18.4 Å². The van der Waals surface area contributed by atoms with Crippen molar-refractivity contribution in [3.05, 3.63) is 52.8 Å². The lowest BCUT2D eigenvalue weighted by atomic mass is 10.0. The molecule has 0 fully saturated rings. The molecule has 0 spiro atoms. The second kappa shape index (κ2) is 8.83. The molecule has 1 amide bonds. The number of aromatic nitrogens is 1. The van der Waals surface area contributed by atoms with Crippen LogP contribution in [0.1, 0.15) is 47.3 Å². The molecule has 2 unspecified atom stereocenters. The van der Waals surface area contributed by atoms with Gasteiger partial charge in [-0.3, -0.25) is 4.79 Å². The van der Waals surface area contributed by atoms with E-state index in [2.05, 4.69) is 5.32 Å². The number of hydrogen-bond donors (Lipinski definition) is 3. The van der Waals surface area contributed by atoms with Crippen LogP contribution >= 0.6 is 0 Å². The van der Waals surface area contributed by atoms with Gasteiger partial charge in [0.15, 0.2) is 0 Å². The van der Waals surface area contributed by atoms with Crippen LogP contribution in [0.2, 0.25) is 0 Å². The summed E-state index contributed by atoms with van der Waals surface area (Å²) in [5.41, 5.74) is 3.52. The Hall–Kier alpha value is -2.64. The predicted octanol–water partition coefficient (Wildman–Crippen LogP) is 1.80. The van der Waals surface area contributed by atoms with Gasteiger partial charge in [0.2, 0.25) is 5.91 Å². The fraction of sp³-hybridized carbons (Fsp3) is 0.400. The minimum Gasteiger partial charge on any atom is -0.462 e. The molecule has 0 aliphatic rings. The Kier molecular flexibility index (Phi) is 6.76. The number of carbonyl (C=O) groups excluding carboxylic acids is 2. The number of aliphatic hydroxyl groups is 2. The van der Waals surface area contributed by atoms with Crippen LogP contribution in [0.25, 0.3) is 5.69 Å². The third-order valence-corrected chi connectivity index (χ3v) is 4.35. The lowest BCUT2D eigenvalue weighted by molar-refractivity contribution is -0.119. The summed E-state index contributed by atoms with van der Waals surface area (Å²) in [5, 5.41) is 23.1. The first-order valence-corrected chi connectivity index (χ1v) is 8.83. The summed E-state index contributed by atoms with van der Waals surface area (Å²) in [6.45, 7) is 7.13. The quantitative estimate of drug-likeness (QED) is 0.642. The lowest BCUT2D eigenvalue weighted by Crippen LogP contribution is -2.34. The Bertz CT molecular complexity index is 811. The molecule has 1 aromatic heterocycles. The number of carbonyl (C=O) groups is 2. The summed E-state index contributed by atoms with van der Waals surface area (Å²) in [4.78, 5) is 22.8. The maximum Gasteiger partial charge on any atom is 0.338 e. The highest BCUT2D eigenvalue weighted by molar-refractivity contribution is 5.89. The van der Waals surface area contributed by atoms with Gasteiger partial charge in [-0.25, -0.2) is 4.79 Å². The third-order valence-electron chi connectivity index (χ3n) is 4.35. The van der Waals surface area contributed by atoms with Gasteiger partial charge in [-0.15, -0.1) is 0 Å². The summed E-state index contributed by atoms with van der Waals surface area (Å²) in [6, 6.07) is 8.78. The second-order valence-corrected chi connectivity index (χ2v) is 6.38. The molecule has 0 aliphatic carbocycles. The third kappa shape index (κ3) is 4.75. The lowest BCUT2D eigenvalue weighted by Gasteiger charge is -2.19. The monoisotopic (exact) mass is 374 g/mol. The summed E-state index contributed by atoms with van der Waals surface area (Å²) in [6.07, 6.45) is -2.25. The molecule has 2 rings (SSSR count). The number of hydrogen-bond acceptors (Lipinski definition) is 5. The number of nitrogens with zero attached hydrogens (tertiary/aromatic N) is 1. The van der Waals surface area contributed by atoms with Crippen LogP contribution < -0.4 is 5.32 Å². The minimum atomic E-state index is -1.13. The number of esters is 1. The van der Waals surface area contributed by atoms with Gasteiger partial charge in [-0.2, -0.15) is 0 Å². The van der Waals surface area contributed by atoms with Crippen molar-refractivity contribution in [1.82, 2.24) is 9.88 Å². The van der Waals surface area contributed by atoms with Gasteiger partial charge in [0, 0.05) is 36.1 Å². The smallest absolute Gasteiger partial charge is 0.338 e. The highest BCUT2D eigenvalue weighted by atomic mass is 16.5. The Morgan fingerprint density at radius 2 is 1.81 bits per heavy atom. The maximum absolute atomic E-state index is 11.8. The average molecular weight is 374 g/mol. The van der Waals surface area contributed by atoms with E-state index in [9.17, 15) is 19.8 Å². The first kappa shape index (κ1) is 20.7. The SMILES string of the molecule is CCOC(=O)c1ccc(-n2c(C)cc(C(O)C(O)CNC(C)=O)c2C)cc1. The Morgan fingerprint density at radius 3 is 2.37 bits per heavy atom. The Labute approximate surface area is 158 Å². The van der Waals surface area contributed by atoms with Crippen molar-refractivity contribution >= 4 is 11.9 Å². The van der Waals surface area contributed by atoms with E-state index in [0.717, 1.165) is 17.1 Å². The van der Waals surface area contributed by atoms with Gasteiger partial charge in [0.25, 0.3) is 0 Å². The van der Waals surface area contributed by atoms with E-state index in [0.29, 0.717) is 17.7 Å². The molecule has 2 aromatic rings. The van der Waals surface area contributed by atoms with Crippen molar-refractivity contribution < 1.29 is 24.5 Å². The summed E-state index contributed by atoms with van der Waals surface area (Å²) in [7, 11) is 0. The molecule has 0 saturated heterocycles. The summed E-state index contributed by atoms with van der Waals surface area (Å²) >= 11 is 0. The molecule has 7 nitrogen and oxygen atoms in total. The molecule has 1 heterocycles. The average Bonchev–Trinajstić information content (AvgIpc) is 2.93. The van der Waals surface area contributed by atoms with Crippen molar-refractivity contribution in [2.24, 2.45) is 0 Å². The number of benzene rings is 1. The van der Waals surface area contributed by atoms with Gasteiger partial charge in [-0.05, 0) is 51.1 Å². The zero-order chi connectivity index (χ0) is 20.1. The molecule has 1 aromatic carbocycles. The first-order chi connectivity index (χ1) is 12.8. The van der Waals surface area contributed by atoms with Crippen LogP contribution in [0.4, 0.5) is 0 Å². The zero-order valence-electron chi connectivity index (χ0n) is 16.0. The first-order valence-electron chi connectivity index (χ1n) is 8.83. The van der Waals surface area contributed by atoms with Crippen LogP contribution in [0.15, 0.2) is 30.3 Å². The zero-order valence-corrected chi connectivity index (χ0v) is 16.0. The van der Waals surface area contributed by atoms with E-state index in [1.807, 2.05) is 18.4 Å². The van der Waals surface area contributed by atoms with Crippen molar-refractivity contribution in [1.29, 1.82) is 0 Å². The van der Waals surface area contributed by atoms with E-state index in [1.165, 1.54) is 6.92 Å². The van der Waals surface area contributed by atoms with Crippen molar-refractivity contribution in [3.8, 4) is 5.69 Å². The Morgan fingerprint density at radius 1 is 1.19 bits per heavy atom. The summed E-state index contributed by atoms with van der Waals surface area (Å²) < 4.78 is 6.92. The van der Waals surface area contributed by atoms with E-state index >= 15 is 0 Å². The number of aliphatic hydroxyl groups excluding tert-OH is 2. The molecule has 0 radical (unpaired) electrons. The fourth-order valence-electron chi connectivity index (χ4n) is 3.01. The van der Waals surface area contributed by atoms with Crippen LogP contribution in [0, 0.1) is 13.8 Å². The van der Waals surface area contributed by atoms with Crippen LogP contribution in [0.5, 0.6) is 0 Å². The second-order valence-electron chi connectivity index (χ2n) is 6.38. The highest BCUT2D eigenvalue weighted by Crippen LogP contribution is 2.27. The largest absolute Gasteiger partial charge is 0.462 e. The molecular weight excluding hydrogens is 348 g/mol. The van der Waals surface area contributed by atoms with Crippen molar-refractivity contribution in [2.45, 2.75) is 39.9 Å². The van der Waals surface area contributed by atoms with Gasteiger partial charge in [0.05, 0.1) is 12.2 Å². The summed E-state index contributed by atoms with van der Waals surface area (Å²) in [5.74, 6) is -0.643.